The lowest BCUT2D eigenvalue weighted by Crippen LogP contribution is -2.18. The maximum atomic E-state index is 14.1. The molecule has 1 aromatic heterocycles. The first kappa shape index (κ1) is 23.9. The predicted molar refractivity (Wildman–Crippen MR) is 112 cm³/mol. The molecule has 1 heterocycles. The molecule has 1 aliphatic rings. The third-order valence-corrected chi connectivity index (χ3v) is 4.97. The first-order chi connectivity index (χ1) is 16.5. The third kappa shape index (κ3) is 5.83. The van der Waals surface area contributed by atoms with Crippen molar-refractivity contribution in [3.05, 3.63) is 77.1 Å². The molecule has 7 nitrogen and oxygen atoms in total. The number of alkyl halides is 3. The van der Waals surface area contributed by atoms with Gasteiger partial charge in [-0.15, -0.1) is 13.2 Å². The highest BCUT2D eigenvalue weighted by molar-refractivity contribution is 6.06. The van der Waals surface area contributed by atoms with Crippen molar-refractivity contribution >= 4 is 17.5 Å². The summed E-state index contributed by atoms with van der Waals surface area (Å²) in [4.78, 5) is 28.5. The second kappa shape index (κ2) is 9.20. The van der Waals surface area contributed by atoms with Gasteiger partial charge in [0, 0.05) is 35.6 Å². The number of carbonyl (C=O) groups excluding carboxylic acids is 2. The molecule has 0 atom stereocenters. The summed E-state index contributed by atoms with van der Waals surface area (Å²) >= 11 is 0. The van der Waals surface area contributed by atoms with Crippen molar-refractivity contribution < 1.29 is 41.0 Å². The van der Waals surface area contributed by atoms with Crippen LogP contribution in [0.2, 0.25) is 0 Å². The quantitative estimate of drug-likeness (QED) is 0.436. The van der Waals surface area contributed by atoms with Gasteiger partial charge in [0.2, 0.25) is 0 Å². The number of hydrogen-bond acceptors (Lipinski definition) is 5. The number of pyridine rings is 1. The van der Waals surface area contributed by atoms with Crippen molar-refractivity contribution in [1.29, 1.82) is 0 Å². The summed E-state index contributed by atoms with van der Waals surface area (Å²) in [5.41, 5.74) is 5.26. The monoisotopic (exact) mass is 493 g/mol. The minimum atomic E-state index is -5.08. The van der Waals surface area contributed by atoms with E-state index < -0.39 is 41.1 Å². The molecule has 1 fully saturated rings. The minimum Gasteiger partial charge on any atom is -0.456 e. The van der Waals surface area contributed by atoms with Crippen LogP contribution in [0.15, 0.2) is 48.7 Å². The van der Waals surface area contributed by atoms with Gasteiger partial charge < -0.3 is 20.5 Å². The molecule has 1 saturated carbocycles. The number of rotatable bonds is 7. The van der Waals surface area contributed by atoms with Crippen LogP contribution >= 0.6 is 0 Å². The van der Waals surface area contributed by atoms with Crippen molar-refractivity contribution in [1.82, 2.24) is 4.98 Å². The lowest BCUT2D eigenvalue weighted by atomic mass is 10.1. The molecule has 3 aromatic rings. The Morgan fingerprint density at radius 2 is 1.71 bits per heavy atom. The van der Waals surface area contributed by atoms with E-state index >= 15 is 0 Å². The van der Waals surface area contributed by atoms with Gasteiger partial charge in [-0.25, -0.2) is 8.78 Å². The fourth-order valence-electron chi connectivity index (χ4n) is 3.18. The number of amides is 2. The summed E-state index contributed by atoms with van der Waals surface area (Å²) in [5, 5.41) is 2.46. The van der Waals surface area contributed by atoms with Crippen molar-refractivity contribution in [3.8, 4) is 17.2 Å². The molecule has 0 bridgehead atoms. The molecule has 2 aromatic carbocycles. The van der Waals surface area contributed by atoms with Gasteiger partial charge in [0.25, 0.3) is 11.8 Å². The number of halogens is 5. The van der Waals surface area contributed by atoms with Gasteiger partial charge >= 0.3 is 6.36 Å². The largest absolute Gasteiger partial charge is 0.573 e. The zero-order valence-corrected chi connectivity index (χ0v) is 17.7. The van der Waals surface area contributed by atoms with Crippen LogP contribution in [0, 0.1) is 11.6 Å². The van der Waals surface area contributed by atoms with E-state index in [4.69, 9.17) is 10.5 Å². The van der Waals surface area contributed by atoms with Crippen LogP contribution < -0.4 is 20.5 Å². The van der Waals surface area contributed by atoms with Gasteiger partial charge in [0.1, 0.15) is 22.9 Å². The second-order valence-corrected chi connectivity index (χ2v) is 7.63. The number of hydrogen-bond donors (Lipinski definition) is 2. The smallest absolute Gasteiger partial charge is 0.456 e. The number of nitrogens with two attached hydrogens (primary N) is 1. The fourth-order valence-corrected chi connectivity index (χ4v) is 3.18. The summed E-state index contributed by atoms with van der Waals surface area (Å²) in [6.07, 6.45) is -2.09. The van der Waals surface area contributed by atoms with Gasteiger partial charge in [-0.2, -0.15) is 0 Å². The highest BCUT2D eigenvalue weighted by atomic mass is 19.4. The number of nitrogens with one attached hydrogen (secondary N) is 1. The molecule has 2 amide bonds. The first-order valence-electron chi connectivity index (χ1n) is 10.1. The Bertz CT molecular complexity index is 1310. The van der Waals surface area contributed by atoms with E-state index in [9.17, 15) is 31.5 Å². The lowest BCUT2D eigenvalue weighted by molar-refractivity contribution is -0.275. The molecule has 12 heteroatoms. The summed E-state index contributed by atoms with van der Waals surface area (Å²) in [7, 11) is 0. The maximum Gasteiger partial charge on any atom is 0.573 e. The zero-order chi connectivity index (χ0) is 25.3. The number of anilines is 1. The molecule has 0 saturated heterocycles. The van der Waals surface area contributed by atoms with Crippen LogP contribution in [0.3, 0.4) is 0 Å². The molecule has 3 N–H and O–H groups in total. The van der Waals surface area contributed by atoms with Gasteiger partial charge in [0.05, 0.1) is 5.56 Å². The molecular formula is C23H16F5N3O4. The summed E-state index contributed by atoms with van der Waals surface area (Å²) in [6.45, 7) is 0. The van der Waals surface area contributed by atoms with Crippen LogP contribution in [-0.4, -0.2) is 23.2 Å². The predicted octanol–water partition coefficient (Wildman–Crippen LogP) is 5.28. The second-order valence-electron chi connectivity index (χ2n) is 7.63. The van der Waals surface area contributed by atoms with Gasteiger partial charge in [-0.05, 0) is 43.2 Å². The highest BCUT2D eigenvalue weighted by Crippen LogP contribution is 2.41. The standard InChI is InChI=1S/C23H16F5N3O4/c24-16-5-3-12(7-14(16)21(29)32)31-22(33)15-10-30-18(11-1-2-11)9-20(15)34-13-4-6-19(17(25)8-13)35-23(26,27)28/h3-11H,1-2H2,(H2,29,32)(H,31,33). The Hall–Kier alpha value is -4.22. The molecule has 0 spiro atoms. The molecule has 0 aliphatic heterocycles. The fraction of sp³-hybridized carbons (Fsp3) is 0.174. The van der Waals surface area contributed by atoms with E-state index in [0.29, 0.717) is 11.8 Å². The number of nitrogens with zero attached hydrogens (tertiary/aromatic N) is 1. The third-order valence-electron chi connectivity index (χ3n) is 4.97. The highest BCUT2D eigenvalue weighted by Gasteiger charge is 2.32. The SMILES string of the molecule is NC(=O)c1cc(NC(=O)c2cnc(C3CC3)cc2Oc2ccc(OC(F)(F)F)c(F)c2)ccc1F. The number of ether oxygens (including phenoxy) is 2. The van der Waals surface area contributed by atoms with E-state index in [1.807, 2.05) is 0 Å². The van der Waals surface area contributed by atoms with E-state index in [2.05, 4.69) is 15.0 Å². The Morgan fingerprint density at radius 3 is 2.34 bits per heavy atom. The Labute approximate surface area is 194 Å². The zero-order valence-electron chi connectivity index (χ0n) is 17.7. The Kier molecular flexibility index (Phi) is 6.29. The molecule has 35 heavy (non-hydrogen) atoms. The van der Waals surface area contributed by atoms with E-state index in [1.165, 1.54) is 18.3 Å². The van der Waals surface area contributed by atoms with Crippen molar-refractivity contribution in [2.75, 3.05) is 5.32 Å². The van der Waals surface area contributed by atoms with Crippen LogP contribution in [0.5, 0.6) is 17.2 Å². The average Bonchev–Trinajstić information content (AvgIpc) is 3.61. The van der Waals surface area contributed by atoms with Crippen molar-refractivity contribution in [2.45, 2.75) is 25.1 Å². The maximum absolute atomic E-state index is 14.1. The molecular weight excluding hydrogens is 477 g/mol. The minimum absolute atomic E-state index is 0.0412. The lowest BCUT2D eigenvalue weighted by Gasteiger charge is -2.14. The van der Waals surface area contributed by atoms with Gasteiger partial charge in [-0.1, -0.05) is 0 Å². The van der Waals surface area contributed by atoms with Gasteiger partial charge in [0.15, 0.2) is 11.6 Å². The topological polar surface area (TPSA) is 104 Å². The molecule has 0 radical (unpaired) electrons. The first-order valence-corrected chi connectivity index (χ1v) is 10.1. The molecule has 182 valence electrons. The average molecular weight is 493 g/mol. The van der Waals surface area contributed by atoms with Crippen molar-refractivity contribution in [2.24, 2.45) is 5.73 Å². The molecule has 4 rings (SSSR count). The Balaban J connectivity index is 1.62. The number of aromatic nitrogens is 1. The van der Waals surface area contributed by atoms with Crippen molar-refractivity contribution in [3.63, 3.8) is 0 Å². The van der Waals surface area contributed by atoms with E-state index in [-0.39, 0.29) is 28.7 Å². The van der Waals surface area contributed by atoms with Crippen LogP contribution in [0.1, 0.15) is 45.2 Å². The normalized spacial score (nSPS) is 13.3. The van der Waals surface area contributed by atoms with E-state index in [0.717, 1.165) is 37.1 Å². The number of carbonyl (C=O) groups is 2. The van der Waals surface area contributed by atoms with E-state index in [1.54, 1.807) is 0 Å². The molecule has 1 aliphatic carbocycles. The van der Waals surface area contributed by atoms with Crippen LogP contribution in [0.4, 0.5) is 27.6 Å². The van der Waals surface area contributed by atoms with Gasteiger partial charge in [-0.3, -0.25) is 14.6 Å². The number of benzene rings is 2. The summed E-state index contributed by atoms with van der Waals surface area (Å²) < 4.78 is 74.2. The Morgan fingerprint density at radius 1 is 0.971 bits per heavy atom. The number of primary amides is 1. The van der Waals surface area contributed by atoms with Crippen LogP contribution in [-0.2, 0) is 0 Å². The summed E-state index contributed by atoms with van der Waals surface area (Å²) in [6, 6.07) is 7.16. The summed E-state index contributed by atoms with van der Waals surface area (Å²) in [5.74, 6) is -5.10. The molecule has 0 unspecified atom stereocenters. The van der Waals surface area contributed by atoms with Crippen LogP contribution in [0.25, 0.3) is 0 Å².